The molecule has 0 radical (unpaired) electrons. The van der Waals surface area contributed by atoms with Crippen molar-refractivity contribution >= 4 is 46.4 Å². The van der Waals surface area contributed by atoms with E-state index in [1.165, 1.54) is 0 Å². The molecule has 3 aromatic carbocycles. The number of rotatable bonds is 9. The summed E-state index contributed by atoms with van der Waals surface area (Å²) < 4.78 is 11.7. The summed E-state index contributed by atoms with van der Waals surface area (Å²) in [4.78, 5) is 39.0. The van der Waals surface area contributed by atoms with Crippen LogP contribution in [0, 0.1) is 0 Å². The first-order valence-electron chi connectivity index (χ1n) is 10.9. The summed E-state index contributed by atoms with van der Waals surface area (Å²) in [6, 6.07) is 21.3. The molecule has 1 heterocycles. The van der Waals surface area contributed by atoms with Crippen LogP contribution in [0.1, 0.15) is 28.4 Å². The Morgan fingerprint density at radius 2 is 1.71 bits per heavy atom. The van der Waals surface area contributed by atoms with Crippen molar-refractivity contribution in [3.63, 3.8) is 0 Å². The van der Waals surface area contributed by atoms with E-state index in [-0.39, 0.29) is 23.8 Å². The van der Waals surface area contributed by atoms with E-state index in [0.29, 0.717) is 34.3 Å². The number of thioether (sulfide) groups is 1. The quantitative estimate of drug-likeness (QED) is 0.252. The van der Waals surface area contributed by atoms with Crippen molar-refractivity contribution in [3.8, 4) is 11.5 Å². The summed E-state index contributed by atoms with van der Waals surface area (Å²) in [5, 5.41) is 0.138. The van der Waals surface area contributed by atoms with Crippen LogP contribution in [0.2, 0.25) is 5.02 Å². The molecule has 0 unspecified atom stereocenters. The number of halogens is 1. The number of hydrogen-bond acceptors (Lipinski definition) is 6. The van der Waals surface area contributed by atoms with Crippen LogP contribution in [0.3, 0.4) is 0 Å². The van der Waals surface area contributed by atoms with Gasteiger partial charge in [0, 0.05) is 16.1 Å². The number of carbonyl (C=O) groups excluding carboxylic acids is 3. The molecule has 6 nitrogen and oxygen atoms in total. The average Bonchev–Trinajstić information content (AvgIpc) is 3.12. The molecule has 0 saturated carbocycles. The lowest BCUT2D eigenvalue weighted by Crippen LogP contribution is -2.33. The van der Waals surface area contributed by atoms with Crippen molar-refractivity contribution in [2.45, 2.75) is 13.5 Å². The van der Waals surface area contributed by atoms with Gasteiger partial charge in [0.25, 0.3) is 11.1 Å². The van der Waals surface area contributed by atoms with Crippen molar-refractivity contribution in [1.29, 1.82) is 0 Å². The van der Waals surface area contributed by atoms with Gasteiger partial charge in [0.15, 0.2) is 17.3 Å². The first-order chi connectivity index (χ1) is 17.0. The van der Waals surface area contributed by atoms with Crippen LogP contribution in [-0.4, -0.2) is 35.0 Å². The Balaban J connectivity index is 1.49. The van der Waals surface area contributed by atoms with E-state index in [0.717, 1.165) is 22.2 Å². The number of amides is 2. The van der Waals surface area contributed by atoms with E-state index in [1.807, 2.05) is 25.1 Å². The third kappa shape index (κ3) is 5.93. The molecule has 0 aromatic heterocycles. The molecule has 1 fully saturated rings. The van der Waals surface area contributed by atoms with Crippen LogP contribution >= 0.6 is 23.4 Å². The Morgan fingerprint density at radius 1 is 0.971 bits per heavy atom. The predicted octanol–water partition coefficient (Wildman–Crippen LogP) is 6.24. The normalized spacial score (nSPS) is 14.5. The summed E-state index contributed by atoms with van der Waals surface area (Å²) in [6.07, 6.45) is 1.61. The summed E-state index contributed by atoms with van der Waals surface area (Å²) in [5.74, 6) is 0.242. The third-order valence-corrected chi connectivity index (χ3v) is 6.45. The standard InChI is InChI=1S/C27H22ClNO5S/c1-2-33-24-14-18(12-13-23(24)34-17-20-10-6-7-11-21(20)28)15-25-26(31)29(27(32)35-25)16-22(30)19-8-4-3-5-9-19/h3-15H,2,16-17H2,1H3/b25-15+. The van der Waals surface area contributed by atoms with Gasteiger partial charge in [0.05, 0.1) is 18.1 Å². The van der Waals surface area contributed by atoms with E-state index < -0.39 is 11.1 Å². The van der Waals surface area contributed by atoms with E-state index in [4.69, 9.17) is 21.1 Å². The van der Waals surface area contributed by atoms with Gasteiger partial charge in [-0.15, -0.1) is 0 Å². The van der Waals surface area contributed by atoms with Crippen LogP contribution < -0.4 is 9.47 Å². The largest absolute Gasteiger partial charge is 0.490 e. The van der Waals surface area contributed by atoms with Crippen molar-refractivity contribution < 1.29 is 23.9 Å². The molecule has 1 saturated heterocycles. The van der Waals surface area contributed by atoms with Crippen molar-refractivity contribution in [3.05, 3.63) is 99.4 Å². The first-order valence-corrected chi connectivity index (χ1v) is 12.1. The molecular formula is C27H22ClNO5S. The number of carbonyl (C=O) groups is 3. The molecule has 1 aliphatic rings. The minimum absolute atomic E-state index is 0.239. The molecule has 0 bridgehead atoms. The minimum atomic E-state index is -0.499. The highest BCUT2D eigenvalue weighted by Gasteiger charge is 2.36. The molecule has 178 valence electrons. The topological polar surface area (TPSA) is 72.9 Å². The monoisotopic (exact) mass is 507 g/mol. The highest BCUT2D eigenvalue weighted by atomic mass is 35.5. The van der Waals surface area contributed by atoms with Crippen LogP contribution in [0.4, 0.5) is 4.79 Å². The lowest BCUT2D eigenvalue weighted by molar-refractivity contribution is -0.122. The number of imide groups is 1. The zero-order valence-electron chi connectivity index (χ0n) is 18.9. The van der Waals surface area contributed by atoms with E-state index in [1.54, 1.807) is 60.7 Å². The van der Waals surface area contributed by atoms with Gasteiger partial charge in [-0.2, -0.15) is 0 Å². The maximum absolute atomic E-state index is 12.9. The molecule has 0 atom stereocenters. The van der Waals surface area contributed by atoms with Gasteiger partial charge in [0.1, 0.15) is 6.61 Å². The van der Waals surface area contributed by atoms with Gasteiger partial charge in [-0.05, 0) is 48.5 Å². The van der Waals surface area contributed by atoms with E-state index in [9.17, 15) is 14.4 Å². The molecule has 0 aliphatic carbocycles. The summed E-state index contributed by atoms with van der Waals surface area (Å²) in [7, 11) is 0. The Labute approximate surface area is 212 Å². The highest BCUT2D eigenvalue weighted by molar-refractivity contribution is 8.18. The van der Waals surface area contributed by atoms with Crippen LogP contribution in [-0.2, 0) is 11.4 Å². The molecule has 4 rings (SSSR count). The molecule has 1 aliphatic heterocycles. The number of benzene rings is 3. The molecule has 0 spiro atoms. The molecule has 2 amide bonds. The van der Waals surface area contributed by atoms with Gasteiger partial charge in [-0.1, -0.05) is 66.2 Å². The number of nitrogens with zero attached hydrogens (tertiary/aromatic N) is 1. The fraction of sp³-hybridized carbons (Fsp3) is 0.148. The highest BCUT2D eigenvalue weighted by Crippen LogP contribution is 2.35. The number of Topliss-reactive ketones (excluding diaryl/α,β-unsaturated/α-hetero) is 1. The van der Waals surface area contributed by atoms with Gasteiger partial charge in [-0.3, -0.25) is 19.3 Å². The average molecular weight is 508 g/mol. The summed E-state index contributed by atoms with van der Waals surface area (Å²) in [5.41, 5.74) is 1.96. The zero-order chi connectivity index (χ0) is 24.8. The number of ketones is 1. The lowest BCUT2D eigenvalue weighted by Gasteiger charge is -2.13. The van der Waals surface area contributed by atoms with Gasteiger partial charge in [0.2, 0.25) is 0 Å². The van der Waals surface area contributed by atoms with Crippen LogP contribution in [0.5, 0.6) is 11.5 Å². The molecule has 3 aromatic rings. The Hall–Kier alpha value is -3.55. The van der Waals surface area contributed by atoms with Crippen molar-refractivity contribution in [1.82, 2.24) is 4.90 Å². The second-order valence-electron chi connectivity index (χ2n) is 7.58. The molecule has 8 heteroatoms. The van der Waals surface area contributed by atoms with Crippen LogP contribution in [0.25, 0.3) is 6.08 Å². The molecular weight excluding hydrogens is 486 g/mol. The van der Waals surface area contributed by atoms with E-state index in [2.05, 4.69) is 0 Å². The molecule has 35 heavy (non-hydrogen) atoms. The summed E-state index contributed by atoms with van der Waals surface area (Å²) in [6.45, 7) is 2.25. The number of ether oxygens (including phenoxy) is 2. The number of hydrogen-bond donors (Lipinski definition) is 0. The SMILES string of the molecule is CCOc1cc(/C=C2/SC(=O)N(CC(=O)c3ccccc3)C2=O)ccc1OCc1ccccc1Cl. The van der Waals surface area contributed by atoms with Crippen molar-refractivity contribution in [2.75, 3.05) is 13.2 Å². The van der Waals surface area contributed by atoms with Gasteiger partial charge < -0.3 is 9.47 Å². The van der Waals surface area contributed by atoms with Crippen molar-refractivity contribution in [2.24, 2.45) is 0 Å². The minimum Gasteiger partial charge on any atom is -0.490 e. The van der Waals surface area contributed by atoms with E-state index >= 15 is 0 Å². The first kappa shape index (κ1) is 24.6. The lowest BCUT2D eigenvalue weighted by atomic mass is 10.1. The second kappa shape index (κ2) is 11.3. The Kier molecular flexibility index (Phi) is 7.90. The van der Waals surface area contributed by atoms with Crippen LogP contribution in [0.15, 0.2) is 77.7 Å². The third-order valence-electron chi connectivity index (χ3n) is 5.18. The summed E-state index contributed by atoms with van der Waals surface area (Å²) >= 11 is 7.02. The Morgan fingerprint density at radius 3 is 2.46 bits per heavy atom. The molecule has 0 N–H and O–H groups in total. The zero-order valence-corrected chi connectivity index (χ0v) is 20.5. The Bertz CT molecular complexity index is 1290. The fourth-order valence-electron chi connectivity index (χ4n) is 3.42. The maximum Gasteiger partial charge on any atom is 0.293 e. The maximum atomic E-state index is 12.9. The smallest absolute Gasteiger partial charge is 0.293 e. The fourth-order valence-corrected chi connectivity index (χ4v) is 4.45. The van der Waals surface area contributed by atoms with Gasteiger partial charge in [-0.25, -0.2) is 0 Å². The van der Waals surface area contributed by atoms with Gasteiger partial charge >= 0.3 is 0 Å². The second-order valence-corrected chi connectivity index (χ2v) is 8.98. The predicted molar refractivity (Wildman–Crippen MR) is 137 cm³/mol.